The van der Waals surface area contributed by atoms with Gasteiger partial charge in [-0.1, -0.05) is 0 Å². The molecule has 0 fully saturated rings. The van der Waals surface area contributed by atoms with Crippen molar-refractivity contribution in [2.75, 3.05) is 31.9 Å². The first-order chi connectivity index (χ1) is 7.87. The highest BCUT2D eigenvalue weighted by Crippen LogP contribution is 2.05. The molecule has 0 saturated heterocycles. The van der Waals surface area contributed by atoms with E-state index in [4.69, 9.17) is 4.84 Å². The molecule has 0 aliphatic rings. The molecule has 0 aromatic rings. The Kier molecular flexibility index (Phi) is 7.77. The number of sulfonamides is 1. The first kappa shape index (κ1) is 16.7. The number of carbonyl (C=O) groups excluding carboxylic acids is 1. The van der Waals surface area contributed by atoms with E-state index in [-0.39, 0.29) is 5.75 Å². The lowest BCUT2D eigenvalue weighted by Crippen LogP contribution is -2.47. The van der Waals surface area contributed by atoms with E-state index in [0.29, 0.717) is 12.2 Å². The van der Waals surface area contributed by atoms with Crippen molar-refractivity contribution in [2.24, 2.45) is 0 Å². The molecule has 0 radical (unpaired) electrons. The summed E-state index contributed by atoms with van der Waals surface area (Å²) >= 11 is 1.55. The van der Waals surface area contributed by atoms with Crippen molar-refractivity contribution in [2.45, 2.75) is 19.4 Å². The van der Waals surface area contributed by atoms with Crippen LogP contribution in [0.5, 0.6) is 0 Å². The predicted octanol–water partition coefficient (Wildman–Crippen LogP) is 0.0672. The fourth-order valence-electron chi connectivity index (χ4n) is 1.08. The molecule has 0 saturated carbocycles. The minimum Gasteiger partial charge on any atom is -0.275 e. The van der Waals surface area contributed by atoms with E-state index in [1.807, 2.05) is 6.26 Å². The molecule has 1 unspecified atom stereocenters. The molecule has 0 aromatic carbocycles. The minimum absolute atomic E-state index is 0.0489. The molecule has 6 nitrogen and oxygen atoms in total. The van der Waals surface area contributed by atoms with Crippen LogP contribution in [-0.2, 0) is 19.7 Å². The zero-order valence-corrected chi connectivity index (χ0v) is 12.2. The van der Waals surface area contributed by atoms with E-state index in [9.17, 15) is 13.2 Å². The van der Waals surface area contributed by atoms with Gasteiger partial charge < -0.3 is 0 Å². The minimum atomic E-state index is -3.40. The summed E-state index contributed by atoms with van der Waals surface area (Å²) in [6.45, 7) is 1.53. The maximum absolute atomic E-state index is 11.8. The molecule has 8 heteroatoms. The first-order valence-electron chi connectivity index (χ1n) is 5.18. The molecule has 0 rings (SSSR count). The molecule has 1 N–H and O–H groups in total. The smallest absolute Gasteiger partial charge is 0.264 e. The van der Waals surface area contributed by atoms with Gasteiger partial charge in [0, 0.05) is 7.05 Å². The molecular weight excluding hydrogens is 264 g/mol. The van der Waals surface area contributed by atoms with Gasteiger partial charge in [-0.05, 0) is 25.4 Å². The number of rotatable bonds is 8. The average molecular weight is 284 g/mol. The van der Waals surface area contributed by atoms with E-state index < -0.39 is 22.0 Å². The number of hydrogen-bond acceptors (Lipinski definition) is 5. The summed E-state index contributed by atoms with van der Waals surface area (Å²) < 4.78 is 25.3. The second-order valence-electron chi connectivity index (χ2n) is 3.37. The number of thioether (sulfide) groups is 1. The van der Waals surface area contributed by atoms with Gasteiger partial charge in [-0.15, -0.1) is 0 Å². The fourth-order valence-corrected chi connectivity index (χ4v) is 2.37. The Balaban J connectivity index is 4.70. The highest BCUT2D eigenvalue weighted by atomic mass is 32.2. The molecule has 1 amide bonds. The van der Waals surface area contributed by atoms with Gasteiger partial charge >= 0.3 is 0 Å². The second-order valence-corrected chi connectivity index (χ2v) is 6.40. The summed E-state index contributed by atoms with van der Waals surface area (Å²) in [6, 6.07) is -0.766. The van der Waals surface area contributed by atoms with Crippen LogP contribution in [0.15, 0.2) is 0 Å². The van der Waals surface area contributed by atoms with Gasteiger partial charge in [0.15, 0.2) is 0 Å². The van der Waals surface area contributed by atoms with Crippen LogP contribution < -0.4 is 4.72 Å². The van der Waals surface area contributed by atoms with Crippen LogP contribution in [0, 0.1) is 0 Å². The van der Waals surface area contributed by atoms with Crippen molar-refractivity contribution in [3.05, 3.63) is 0 Å². The van der Waals surface area contributed by atoms with Gasteiger partial charge in [-0.25, -0.2) is 18.2 Å². The van der Waals surface area contributed by atoms with Crippen molar-refractivity contribution in [1.82, 2.24) is 9.79 Å². The molecule has 17 heavy (non-hydrogen) atoms. The molecule has 102 valence electrons. The number of carbonyl (C=O) groups is 1. The third kappa shape index (κ3) is 6.25. The number of hydrogen-bond donors (Lipinski definition) is 1. The predicted molar refractivity (Wildman–Crippen MR) is 69.2 cm³/mol. The van der Waals surface area contributed by atoms with E-state index in [1.165, 1.54) is 21.1 Å². The van der Waals surface area contributed by atoms with Gasteiger partial charge in [0.2, 0.25) is 10.0 Å². The molecule has 0 heterocycles. The molecule has 0 aliphatic carbocycles. The van der Waals surface area contributed by atoms with Crippen LogP contribution in [0.3, 0.4) is 0 Å². The Labute approximate surface area is 107 Å². The lowest BCUT2D eigenvalue weighted by molar-refractivity contribution is -0.170. The van der Waals surface area contributed by atoms with Crippen molar-refractivity contribution in [1.29, 1.82) is 0 Å². The number of hydroxylamine groups is 2. The maximum atomic E-state index is 11.8. The summed E-state index contributed by atoms with van der Waals surface area (Å²) in [7, 11) is -0.586. The van der Waals surface area contributed by atoms with Gasteiger partial charge in [0.1, 0.15) is 6.04 Å². The number of nitrogens with zero attached hydrogens (tertiary/aromatic N) is 1. The third-order valence-corrected chi connectivity index (χ3v) is 4.24. The van der Waals surface area contributed by atoms with Crippen LogP contribution in [0.1, 0.15) is 13.3 Å². The van der Waals surface area contributed by atoms with E-state index in [0.717, 1.165) is 5.06 Å². The second kappa shape index (κ2) is 7.91. The summed E-state index contributed by atoms with van der Waals surface area (Å²) in [5.74, 6) is 0.256. The van der Waals surface area contributed by atoms with E-state index in [2.05, 4.69) is 4.72 Å². The Morgan fingerprint density at radius 3 is 2.53 bits per heavy atom. The van der Waals surface area contributed by atoms with E-state index >= 15 is 0 Å². The highest BCUT2D eigenvalue weighted by molar-refractivity contribution is 7.98. The third-order valence-electron chi connectivity index (χ3n) is 2.19. The Bertz CT molecular complexity index is 332. The Morgan fingerprint density at radius 2 is 2.12 bits per heavy atom. The molecule has 0 aliphatic heterocycles. The highest BCUT2D eigenvalue weighted by Gasteiger charge is 2.25. The quantitative estimate of drug-likeness (QED) is 0.638. The van der Waals surface area contributed by atoms with Crippen LogP contribution >= 0.6 is 11.8 Å². The monoisotopic (exact) mass is 284 g/mol. The van der Waals surface area contributed by atoms with Crippen molar-refractivity contribution in [3.63, 3.8) is 0 Å². The van der Waals surface area contributed by atoms with E-state index in [1.54, 1.807) is 11.8 Å². The zero-order chi connectivity index (χ0) is 13.5. The van der Waals surface area contributed by atoms with Crippen LogP contribution in [0.4, 0.5) is 0 Å². The van der Waals surface area contributed by atoms with Gasteiger partial charge in [-0.2, -0.15) is 11.8 Å². The van der Waals surface area contributed by atoms with Gasteiger partial charge in [-0.3, -0.25) is 9.63 Å². The van der Waals surface area contributed by atoms with Crippen LogP contribution in [0.25, 0.3) is 0 Å². The lowest BCUT2D eigenvalue weighted by atomic mass is 10.2. The molecule has 0 bridgehead atoms. The van der Waals surface area contributed by atoms with Gasteiger partial charge in [0.05, 0.1) is 12.9 Å². The first-order valence-corrected chi connectivity index (χ1v) is 8.23. The SMILES string of the molecule is CCS(=O)(=O)NC(CCSC)C(=O)N(C)OC. The van der Waals surface area contributed by atoms with Crippen LogP contribution in [0.2, 0.25) is 0 Å². The molecule has 0 spiro atoms. The maximum Gasteiger partial charge on any atom is 0.264 e. The number of likely N-dealkylation sites (N-methyl/N-ethyl adjacent to an activating group) is 1. The lowest BCUT2D eigenvalue weighted by Gasteiger charge is -2.22. The summed E-state index contributed by atoms with van der Waals surface area (Å²) in [6.07, 6.45) is 2.34. The number of nitrogens with one attached hydrogen (secondary N) is 1. The van der Waals surface area contributed by atoms with Crippen LogP contribution in [-0.4, -0.2) is 57.3 Å². The summed E-state index contributed by atoms with van der Waals surface area (Å²) in [5.41, 5.74) is 0. The topological polar surface area (TPSA) is 75.7 Å². The largest absolute Gasteiger partial charge is 0.275 e. The van der Waals surface area contributed by atoms with Crippen molar-refractivity contribution < 1.29 is 18.0 Å². The van der Waals surface area contributed by atoms with Crippen molar-refractivity contribution >= 4 is 27.7 Å². The Morgan fingerprint density at radius 1 is 1.53 bits per heavy atom. The molecular formula is C9H20N2O4S2. The van der Waals surface area contributed by atoms with Gasteiger partial charge in [0.25, 0.3) is 5.91 Å². The average Bonchev–Trinajstić information content (AvgIpc) is 2.32. The van der Waals surface area contributed by atoms with Crippen molar-refractivity contribution in [3.8, 4) is 0 Å². The molecule has 0 aromatic heterocycles. The summed E-state index contributed by atoms with van der Waals surface area (Å²) in [4.78, 5) is 16.6. The zero-order valence-electron chi connectivity index (χ0n) is 10.6. The Hall–Kier alpha value is -0.310. The normalized spacial score (nSPS) is 13.4. The standard InChI is InChI=1S/C9H20N2O4S2/c1-5-17(13,14)10-8(6-7-16-4)9(12)11(2)15-3/h8,10H,5-7H2,1-4H3. The molecule has 1 atom stereocenters. The fraction of sp³-hybridized carbons (Fsp3) is 0.889. The summed E-state index contributed by atoms with van der Waals surface area (Å²) in [5, 5.41) is 1.03. The number of amides is 1.